The van der Waals surface area contributed by atoms with Crippen molar-refractivity contribution in [2.24, 2.45) is 0 Å². The normalized spacial score (nSPS) is 10.0. The van der Waals surface area contributed by atoms with Crippen LogP contribution in [0.2, 0.25) is 0 Å². The molecule has 0 fully saturated rings. The van der Waals surface area contributed by atoms with E-state index in [1.54, 1.807) is 19.1 Å². The molecule has 0 saturated carbocycles. The van der Waals surface area contributed by atoms with E-state index in [1.165, 1.54) is 7.11 Å². The Morgan fingerprint density at radius 3 is 2.60 bits per heavy atom. The molecular formula is C10H12O4S. The number of esters is 1. The van der Waals surface area contributed by atoms with Crippen LogP contribution in [0.1, 0.15) is 26.3 Å². The fraction of sp³-hybridized carbons (Fsp3) is 0.400. The summed E-state index contributed by atoms with van der Waals surface area (Å²) in [4.78, 5) is 23.6. The lowest BCUT2D eigenvalue weighted by Crippen LogP contribution is -2.04. The highest BCUT2D eigenvalue weighted by Gasteiger charge is 2.13. The van der Waals surface area contributed by atoms with Crippen molar-refractivity contribution < 1.29 is 19.1 Å². The highest BCUT2D eigenvalue weighted by atomic mass is 32.1. The van der Waals surface area contributed by atoms with Gasteiger partial charge in [-0.1, -0.05) is 0 Å². The van der Waals surface area contributed by atoms with E-state index in [9.17, 15) is 9.59 Å². The molecule has 1 rings (SSSR count). The molecule has 1 aromatic heterocycles. The minimum absolute atomic E-state index is 0.0305. The third-order valence-corrected chi connectivity index (χ3v) is 2.74. The van der Waals surface area contributed by atoms with E-state index in [2.05, 4.69) is 0 Å². The van der Waals surface area contributed by atoms with E-state index in [0.717, 1.165) is 11.3 Å². The first-order valence-electron chi connectivity index (χ1n) is 4.48. The van der Waals surface area contributed by atoms with E-state index >= 15 is 0 Å². The first-order chi connectivity index (χ1) is 7.19. The van der Waals surface area contributed by atoms with Crippen LogP contribution in [0.5, 0.6) is 0 Å². The molecule has 0 saturated heterocycles. The number of Topliss-reactive ketones (excluding diaryl/α,β-unsaturated/α-hetero) is 1. The molecule has 0 aliphatic heterocycles. The van der Waals surface area contributed by atoms with Gasteiger partial charge in [-0.3, -0.25) is 4.79 Å². The molecule has 0 bridgehead atoms. The summed E-state index contributed by atoms with van der Waals surface area (Å²) in [5.74, 6) is -0.517. The van der Waals surface area contributed by atoms with Gasteiger partial charge in [-0.05, 0) is 19.1 Å². The number of carbonyl (C=O) groups excluding carboxylic acids is 2. The van der Waals surface area contributed by atoms with Gasteiger partial charge >= 0.3 is 5.97 Å². The second-order valence-corrected chi connectivity index (χ2v) is 3.82. The van der Waals surface area contributed by atoms with Gasteiger partial charge in [0.05, 0.1) is 11.5 Å². The number of hydrogen-bond acceptors (Lipinski definition) is 5. The Labute approximate surface area is 91.8 Å². The molecule has 0 aromatic carbocycles. The van der Waals surface area contributed by atoms with Crippen LogP contribution >= 0.6 is 11.3 Å². The SMILES string of the molecule is CCOC(=O)c1ccc(C(=O)COC)s1. The Hall–Kier alpha value is -1.20. The van der Waals surface area contributed by atoms with Crippen molar-refractivity contribution in [1.82, 2.24) is 0 Å². The fourth-order valence-electron chi connectivity index (χ4n) is 1.00. The molecule has 5 heteroatoms. The summed E-state index contributed by atoms with van der Waals surface area (Å²) in [5, 5.41) is 0. The second kappa shape index (κ2) is 5.63. The molecule has 4 nitrogen and oxygen atoms in total. The summed E-state index contributed by atoms with van der Waals surface area (Å²) in [6, 6.07) is 3.20. The van der Waals surface area contributed by atoms with Crippen LogP contribution in [0.15, 0.2) is 12.1 Å². The lowest BCUT2D eigenvalue weighted by molar-refractivity contribution is 0.0532. The zero-order chi connectivity index (χ0) is 11.3. The van der Waals surface area contributed by atoms with Crippen molar-refractivity contribution in [1.29, 1.82) is 0 Å². The van der Waals surface area contributed by atoms with E-state index in [1.807, 2.05) is 0 Å². The molecule has 0 spiro atoms. The first-order valence-corrected chi connectivity index (χ1v) is 5.29. The molecule has 0 aliphatic carbocycles. The lowest BCUT2D eigenvalue weighted by atomic mass is 10.3. The van der Waals surface area contributed by atoms with Crippen LogP contribution in [0.3, 0.4) is 0 Å². The maximum atomic E-state index is 11.4. The molecule has 15 heavy (non-hydrogen) atoms. The third kappa shape index (κ3) is 3.14. The molecule has 0 amide bonds. The third-order valence-electron chi connectivity index (χ3n) is 1.63. The summed E-state index contributed by atoms with van der Waals surface area (Å²) >= 11 is 1.12. The molecular weight excluding hydrogens is 216 g/mol. The molecule has 0 N–H and O–H groups in total. The largest absolute Gasteiger partial charge is 0.462 e. The molecule has 82 valence electrons. The van der Waals surface area contributed by atoms with Gasteiger partial charge in [-0.2, -0.15) is 0 Å². The summed E-state index contributed by atoms with van der Waals surface area (Å²) in [6.45, 7) is 2.10. The predicted octanol–water partition coefficient (Wildman–Crippen LogP) is 1.75. The quantitative estimate of drug-likeness (QED) is 0.569. The Morgan fingerprint density at radius 1 is 1.33 bits per heavy atom. The maximum absolute atomic E-state index is 11.4. The molecule has 0 unspecified atom stereocenters. The van der Waals surface area contributed by atoms with Crippen molar-refractivity contribution in [3.05, 3.63) is 21.9 Å². The lowest BCUT2D eigenvalue weighted by Gasteiger charge is -1.97. The highest BCUT2D eigenvalue weighted by Crippen LogP contribution is 2.18. The maximum Gasteiger partial charge on any atom is 0.348 e. The van der Waals surface area contributed by atoms with Gasteiger partial charge in [0.2, 0.25) is 0 Å². The number of thiophene rings is 1. The topological polar surface area (TPSA) is 52.6 Å². The average Bonchev–Trinajstić information content (AvgIpc) is 2.67. The van der Waals surface area contributed by atoms with E-state index in [0.29, 0.717) is 16.4 Å². The molecule has 0 atom stereocenters. The van der Waals surface area contributed by atoms with Crippen molar-refractivity contribution in [2.75, 3.05) is 20.3 Å². The number of rotatable bonds is 5. The number of ketones is 1. The van der Waals surface area contributed by atoms with Gasteiger partial charge in [0.15, 0.2) is 5.78 Å². The van der Waals surface area contributed by atoms with Crippen LogP contribution in [-0.2, 0) is 9.47 Å². The van der Waals surface area contributed by atoms with Gasteiger partial charge in [0.25, 0.3) is 0 Å². The summed E-state index contributed by atoms with van der Waals surface area (Å²) in [7, 11) is 1.46. The number of carbonyl (C=O) groups is 2. The highest BCUT2D eigenvalue weighted by molar-refractivity contribution is 7.15. The van der Waals surface area contributed by atoms with Crippen LogP contribution in [-0.4, -0.2) is 32.1 Å². The molecule has 0 radical (unpaired) electrons. The molecule has 1 heterocycles. The Bertz CT molecular complexity index is 324. The standard InChI is InChI=1S/C10H12O4S/c1-3-14-10(12)9-5-4-8(15-9)7(11)6-13-2/h4-5H,3,6H2,1-2H3. The fourth-order valence-corrected chi connectivity index (χ4v) is 1.83. The number of ether oxygens (including phenoxy) is 2. The van der Waals surface area contributed by atoms with Crippen molar-refractivity contribution in [3.8, 4) is 0 Å². The smallest absolute Gasteiger partial charge is 0.348 e. The number of hydrogen-bond donors (Lipinski definition) is 0. The van der Waals surface area contributed by atoms with E-state index in [4.69, 9.17) is 9.47 Å². The van der Waals surface area contributed by atoms with Gasteiger partial charge in [-0.15, -0.1) is 11.3 Å². The van der Waals surface area contributed by atoms with Crippen LogP contribution < -0.4 is 0 Å². The van der Waals surface area contributed by atoms with E-state index < -0.39 is 0 Å². The van der Waals surface area contributed by atoms with Crippen molar-refractivity contribution >= 4 is 23.1 Å². The Morgan fingerprint density at radius 2 is 2.00 bits per heavy atom. The zero-order valence-electron chi connectivity index (χ0n) is 8.61. The van der Waals surface area contributed by atoms with Gasteiger partial charge in [-0.25, -0.2) is 4.79 Å². The average molecular weight is 228 g/mol. The van der Waals surface area contributed by atoms with Gasteiger partial charge in [0.1, 0.15) is 11.5 Å². The predicted molar refractivity (Wildman–Crippen MR) is 56.5 cm³/mol. The van der Waals surface area contributed by atoms with Crippen molar-refractivity contribution in [3.63, 3.8) is 0 Å². The van der Waals surface area contributed by atoms with Crippen LogP contribution in [0.4, 0.5) is 0 Å². The summed E-state index contributed by atoms with van der Waals surface area (Å²) in [5.41, 5.74) is 0. The second-order valence-electron chi connectivity index (χ2n) is 2.74. The minimum atomic E-state index is -0.390. The zero-order valence-corrected chi connectivity index (χ0v) is 9.43. The van der Waals surface area contributed by atoms with E-state index in [-0.39, 0.29) is 18.4 Å². The monoisotopic (exact) mass is 228 g/mol. The van der Waals surface area contributed by atoms with Crippen molar-refractivity contribution in [2.45, 2.75) is 6.92 Å². The Balaban J connectivity index is 2.71. The summed E-state index contributed by atoms with van der Waals surface area (Å²) < 4.78 is 9.53. The number of methoxy groups -OCH3 is 1. The molecule has 1 aromatic rings. The minimum Gasteiger partial charge on any atom is -0.462 e. The first kappa shape index (κ1) is 11.9. The Kier molecular flexibility index (Phi) is 4.45. The summed E-state index contributed by atoms with van der Waals surface area (Å²) in [6.07, 6.45) is 0. The van der Waals surface area contributed by atoms with Crippen LogP contribution in [0, 0.1) is 0 Å². The van der Waals surface area contributed by atoms with Gasteiger partial charge in [0, 0.05) is 7.11 Å². The van der Waals surface area contributed by atoms with Gasteiger partial charge < -0.3 is 9.47 Å². The molecule has 0 aliphatic rings. The van der Waals surface area contributed by atoms with Crippen LogP contribution in [0.25, 0.3) is 0 Å².